The highest BCUT2D eigenvalue weighted by Gasteiger charge is 2.41. The summed E-state index contributed by atoms with van der Waals surface area (Å²) in [5, 5.41) is 0. The van der Waals surface area contributed by atoms with Crippen molar-refractivity contribution in [2.75, 3.05) is 43.4 Å². The van der Waals surface area contributed by atoms with Gasteiger partial charge in [0.25, 0.3) is 5.91 Å². The normalized spacial score (nSPS) is 20.4. The number of rotatable bonds is 11. The Balaban J connectivity index is 1.17. The number of carbonyl (C=O) groups is 2. The van der Waals surface area contributed by atoms with Crippen LogP contribution < -0.4 is 14.4 Å². The number of likely N-dealkylation sites (tertiary alicyclic amines) is 1. The van der Waals surface area contributed by atoms with Gasteiger partial charge in [-0.3, -0.25) is 14.3 Å². The zero-order chi connectivity index (χ0) is 34.6. The van der Waals surface area contributed by atoms with Crippen molar-refractivity contribution >= 4 is 27.7 Å². The van der Waals surface area contributed by atoms with Gasteiger partial charge in [0.1, 0.15) is 17.9 Å². The van der Waals surface area contributed by atoms with Crippen molar-refractivity contribution in [3.63, 3.8) is 0 Å². The maximum absolute atomic E-state index is 14.4. The molecule has 48 heavy (non-hydrogen) atoms. The molecule has 1 atom stereocenters. The van der Waals surface area contributed by atoms with Gasteiger partial charge in [0, 0.05) is 37.6 Å². The number of hydrogen-bond acceptors (Lipinski definition) is 9. The van der Waals surface area contributed by atoms with Crippen LogP contribution in [0, 0.1) is 23.1 Å². The molecule has 1 aliphatic carbocycles. The molecule has 3 fully saturated rings. The van der Waals surface area contributed by atoms with Crippen LogP contribution in [-0.4, -0.2) is 90.6 Å². The van der Waals surface area contributed by atoms with Crippen molar-refractivity contribution in [3.05, 3.63) is 42.1 Å². The standard InChI is InChI=1S/C35H51FN6O5S/c1-6-48(45,46)39-33(43)27-9-12-35(13-10-27)14-17-40(18-15-35)21-26-11-16-41(22-26)32-31(20-37-23-38-32)47-30-8-7-28(36)19-29(30)34(44)42(24(2)3)25(4)5/h7-8,19-20,23-27H,6,9-18,21-22H2,1-5H3,(H,39,43)/t26-/m0/s1. The summed E-state index contributed by atoms with van der Waals surface area (Å²) in [5.41, 5.74) is 0.406. The first-order valence-corrected chi connectivity index (χ1v) is 19.1. The van der Waals surface area contributed by atoms with Gasteiger partial charge in [-0.25, -0.2) is 22.8 Å². The number of anilines is 1. The van der Waals surface area contributed by atoms with E-state index in [1.165, 1.54) is 31.5 Å². The van der Waals surface area contributed by atoms with E-state index in [0.717, 1.165) is 77.7 Å². The van der Waals surface area contributed by atoms with E-state index >= 15 is 0 Å². The van der Waals surface area contributed by atoms with Gasteiger partial charge in [-0.2, -0.15) is 0 Å². The molecule has 5 rings (SSSR count). The van der Waals surface area contributed by atoms with Gasteiger partial charge in [-0.05, 0) is 122 Å². The number of sulfonamides is 1. The highest BCUT2D eigenvalue weighted by atomic mass is 32.2. The van der Waals surface area contributed by atoms with Crippen LogP contribution in [0.3, 0.4) is 0 Å². The Morgan fingerprint density at radius 1 is 1.04 bits per heavy atom. The molecule has 3 aliphatic rings. The van der Waals surface area contributed by atoms with Crippen LogP contribution in [-0.2, 0) is 14.8 Å². The largest absolute Gasteiger partial charge is 0.451 e. The lowest BCUT2D eigenvalue weighted by Crippen LogP contribution is -2.45. The second kappa shape index (κ2) is 15.1. The molecule has 0 radical (unpaired) electrons. The van der Waals surface area contributed by atoms with Gasteiger partial charge in [-0.1, -0.05) is 0 Å². The summed E-state index contributed by atoms with van der Waals surface area (Å²) in [7, 11) is -3.52. The van der Waals surface area contributed by atoms with Gasteiger partial charge < -0.3 is 19.4 Å². The number of benzene rings is 1. The van der Waals surface area contributed by atoms with E-state index in [0.29, 0.717) is 17.5 Å². The van der Waals surface area contributed by atoms with Gasteiger partial charge in [-0.15, -0.1) is 0 Å². The number of carbonyl (C=O) groups excluding carboxylic acids is 2. The number of nitrogens with one attached hydrogen (secondary N) is 1. The first kappa shape index (κ1) is 36.0. The Bertz CT molecular complexity index is 1540. The van der Waals surface area contributed by atoms with E-state index in [1.54, 1.807) is 11.1 Å². The molecule has 2 aromatic rings. The number of hydrogen-bond donors (Lipinski definition) is 1. The van der Waals surface area contributed by atoms with Crippen LogP contribution in [0.2, 0.25) is 0 Å². The fourth-order valence-electron chi connectivity index (χ4n) is 7.75. The van der Waals surface area contributed by atoms with Crippen LogP contribution >= 0.6 is 0 Å². The number of ether oxygens (including phenoxy) is 1. The SMILES string of the molecule is CCS(=O)(=O)NC(=O)C1CCC2(CC1)CCN(C[C@@H]1CCN(c3ncncc3Oc3ccc(F)cc3C(=O)N(C(C)C)C(C)C)C1)CC2. The zero-order valence-electron chi connectivity index (χ0n) is 29.0. The number of piperidine rings is 1. The summed E-state index contributed by atoms with van der Waals surface area (Å²) in [6.07, 6.45) is 9.72. The van der Waals surface area contributed by atoms with Crippen LogP contribution in [0.1, 0.15) is 89.9 Å². The second-order valence-corrected chi connectivity index (χ2v) is 16.4. The van der Waals surface area contributed by atoms with Crippen molar-refractivity contribution in [2.45, 2.75) is 91.6 Å². The summed E-state index contributed by atoms with van der Waals surface area (Å²) in [5.74, 6) is 0.348. The molecule has 13 heteroatoms. The minimum Gasteiger partial charge on any atom is -0.451 e. The average Bonchev–Trinajstić information content (AvgIpc) is 3.51. The molecule has 1 saturated carbocycles. The molecule has 11 nitrogen and oxygen atoms in total. The molecule has 2 saturated heterocycles. The van der Waals surface area contributed by atoms with Crippen molar-refractivity contribution < 1.29 is 27.1 Å². The van der Waals surface area contributed by atoms with Crippen molar-refractivity contribution in [1.29, 1.82) is 0 Å². The predicted molar refractivity (Wildman–Crippen MR) is 183 cm³/mol. The minimum absolute atomic E-state index is 0.0714. The lowest BCUT2D eigenvalue weighted by Gasteiger charge is -2.46. The molecular weight excluding hydrogens is 635 g/mol. The summed E-state index contributed by atoms with van der Waals surface area (Å²) in [4.78, 5) is 41.3. The third-order valence-corrected chi connectivity index (χ3v) is 11.7. The zero-order valence-corrected chi connectivity index (χ0v) is 29.8. The van der Waals surface area contributed by atoms with Gasteiger partial charge in [0.15, 0.2) is 11.6 Å². The van der Waals surface area contributed by atoms with E-state index in [4.69, 9.17) is 4.74 Å². The van der Waals surface area contributed by atoms with E-state index in [1.807, 2.05) is 27.7 Å². The molecule has 2 aliphatic heterocycles. The maximum atomic E-state index is 14.4. The quantitative estimate of drug-likeness (QED) is 0.338. The lowest BCUT2D eigenvalue weighted by molar-refractivity contribution is -0.125. The summed E-state index contributed by atoms with van der Waals surface area (Å²) in [6, 6.07) is 3.88. The molecular formula is C35H51FN6O5S. The van der Waals surface area contributed by atoms with Gasteiger partial charge in [0.05, 0.1) is 17.5 Å². The first-order chi connectivity index (χ1) is 22.8. The smallest absolute Gasteiger partial charge is 0.258 e. The molecule has 264 valence electrons. The summed E-state index contributed by atoms with van der Waals surface area (Å²) >= 11 is 0. The van der Waals surface area contributed by atoms with Crippen molar-refractivity contribution in [2.24, 2.45) is 17.3 Å². The van der Waals surface area contributed by atoms with E-state index in [-0.39, 0.29) is 52.3 Å². The number of nitrogens with zero attached hydrogens (tertiary/aromatic N) is 5. The molecule has 1 aromatic carbocycles. The summed E-state index contributed by atoms with van der Waals surface area (Å²) in [6.45, 7) is 13.9. The molecule has 1 N–H and O–H groups in total. The number of aromatic nitrogens is 2. The van der Waals surface area contributed by atoms with Crippen molar-refractivity contribution in [3.8, 4) is 11.5 Å². The molecule has 3 heterocycles. The molecule has 0 unspecified atom stereocenters. The summed E-state index contributed by atoms with van der Waals surface area (Å²) < 4.78 is 46.6. The Hall–Kier alpha value is -3.32. The van der Waals surface area contributed by atoms with Gasteiger partial charge in [0.2, 0.25) is 15.9 Å². The fourth-order valence-corrected chi connectivity index (χ4v) is 8.37. The van der Waals surface area contributed by atoms with Crippen LogP contribution in [0.5, 0.6) is 11.5 Å². The number of amides is 2. The topological polar surface area (TPSA) is 125 Å². The predicted octanol–water partition coefficient (Wildman–Crippen LogP) is 5.23. The third kappa shape index (κ3) is 8.45. The Morgan fingerprint density at radius 3 is 2.38 bits per heavy atom. The second-order valence-electron chi connectivity index (χ2n) is 14.4. The third-order valence-electron chi connectivity index (χ3n) is 10.5. The number of halogens is 1. The Labute approximate surface area is 284 Å². The average molecular weight is 687 g/mol. The van der Waals surface area contributed by atoms with Crippen LogP contribution in [0.4, 0.5) is 10.2 Å². The van der Waals surface area contributed by atoms with E-state index < -0.39 is 15.8 Å². The van der Waals surface area contributed by atoms with E-state index in [9.17, 15) is 22.4 Å². The Kier molecular flexibility index (Phi) is 11.3. The van der Waals surface area contributed by atoms with E-state index in [2.05, 4.69) is 24.5 Å². The molecule has 1 spiro atoms. The monoisotopic (exact) mass is 686 g/mol. The Morgan fingerprint density at radius 2 is 1.73 bits per heavy atom. The highest BCUT2D eigenvalue weighted by Crippen LogP contribution is 2.46. The van der Waals surface area contributed by atoms with Crippen molar-refractivity contribution in [1.82, 2.24) is 24.5 Å². The minimum atomic E-state index is -3.52. The molecule has 2 amide bonds. The molecule has 1 aromatic heterocycles. The maximum Gasteiger partial charge on any atom is 0.258 e. The van der Waals surface area contributed by atoms with Crippen LogP contribution in [0.15, 0.2) is 30.7 Å². The van der Waals surface area contributed by atoms with Crippen LogP contribution in [0.25, 0.3) is 0 Å². The lowest BCUT2D eigenvalue weighted by atomic mass is 9.65. The highest BCUT2D eigenvalue weighted by molar-refractivity contribution is 7.90. The molecule has 0 bridgehead atoms. The fraction of sp³-hybridized carbons (Fsp3) is 0.657. The first-order valence-electron chi connectivity index (χ1n) is 17.4. The van der Waals surface area contributed by atoms with Gasteiger partial charge >= 0.3 is 0 Å².